The van der Waals surface area contributed by atoms with Gasteiger partial charge in [0, 0.05) is 32.0 Å². The first-order valence-electron chi connectivity index (χ1n) is 7.39. The highest BCUT2D eigenvalue weighted by Crippen LogP contribution is 2.08. The summed E-state index contributed by atoms with van der Waals surface area (Å²) >= 11 is 0. The Morgan fingerprint density at radius 2 is 1.90 bits per heavy atom. The molecule has 0 radical (unpaired) electrons. The van der Waals surface area contributed by atoms with Gasteiger partial charge in [0.1, 0.15) is 5.82 Å². The summed E-state index contributed by atoms with van der Waals surface area (Å²) in [6.45, 7) is 6.33. The van der Waals surface area contributed by atoms with Crippen molar-refractivity contribution in [3.05, 3.63) is 54.1 Å². The minimum atomic E-state index is 0. The van der Waals surface area contributed by atoms with E-state index in [1.165, 1.54) is 12.0 Å². The first-order chi connectivity index (χ1) is 9.92. The van der Waals surface area contributed by atoms with Crippen molar-refractivity contribution in [1.82, 2.24) is 19.8 Å². The van der Waals surface area contributed by atoms with E-state index >= 15 is 0 Å². The van der Waals surface area contributed by atoms with E-state index in [1.807, 2.05) is 6.20 Å². The lowest BCUT2D eigenvalue weighted by Crippen LogP contribution is -2.29. The molecule has 2 heterocycles. The van der Waals surface area contributed by atoms with E-state index in [-0.39, 0.29) is 12.4 Å². The summed E-state index contributed by atoms with van der Waals surface area (Å²) in [5.74, 6) is 1.16. The molecule has 1 aliphatic heterocycles. The van der Waals surface area contributed by atoms with Gasteiger partial charge in [-0.25, -0.2) is 4.98 Å². The van der Waals surface area contributed by atoms with Gasteiger partial charge in [-0.15, -0.1) is 12.4 Å². The van der Waals surface area contributed by atoms with Gasteiger partial charge < -0.3 is 9.88 Å². The van der Waals surface area contributed by atoms with Gasteiger partial charge >= 0.3 is 0 Å². The zero-order valence-electron chi connectivity index (χ0n) is 12.2. The van der Waals surface area contributed by atoms with Crippen molar-refractivity contribution in [2.24, 2.45) is 0 Å². The molecule has 1 N–H and O–H groups in total. The highest BCUT2D eigenvalue weighted by Gasteiger charge is 2.12. The maximum absolute atomic E-state index is 4.54. The number of nitrogens with zero attached hydrogens (tertiary/aromatic N) is 3. The first kappa shape index (κ1) is 16.0. The van der Waals surface area contributed by atoms with Crippen LogP contribution in [0.3, 0.4) is 0 Å². The molecule has 0 saturated carbocycles. The summed E-state index contributed by atoms with van der Waals surface area (Å²) in [6, 6.07) is 10.6. The van der Waals surface area contributed by atoms with Crippen molar-refractivity contribution in [3.63, 3.8) is 0 Å². The number of hydrogen-bond acceptors (Lipinski definition) is 3. The Morgan fingerprint density at radius 3 is 2.76 bits per heavy atom. The number of hydrogen-bond donors (Lipinski definition) is 1. The van der Waals surface area contributed by atoms with Gasteiger partial charge in [-0.2, -0.15) is 0 Å². The molecule has 1 aromatic heterocycles. The molecular weight excluding hydrogens is 284 g/mol. The minimum Gasteiger partial charge on any atom is -0.329 e. The zero-order valence-corrected chi connectivity index (χ0v) is 13.1. The molecule has 21 heavy (non-hydrogen) atoms. The van der Waals surface area contributed by atoms with Crippen LogP contribution in [0.4, 0.5) is 0 Å². The highest BCUT2D eigenvalue weighted by atomic mass is 35.5. The molecular formula is C16H23ClN4. The number of nitrogens with one attached hydrogen (secondary N) is 1. The smallest absolute Gasteiger partial charge is 0.123 e. The van der Waals surface area contributed by atoms with Gasteiger partial charge in [0.15, 0.2) is 0 Å². The van der Waals surface area contributed by atoms with Crippen LogP contribution in [-0.4, -0.2) is 40.6 Å². The molecule has 1 aliphatic rings. The van der Waals surface area contributed by atoms with Crippen molar-refractivity contribution >= 4 is 12.4 Å². The molecule has 0 bridgehead atoms. The van der Waals surface area contributed by atoms with Crippen molar-refractivity contribution in [2.75, 3.05) is 26.2 Å². The van der Waals surface area contributed by atoms with E-state index in [9.17, 15) is 0 Å². The molecule has 1 saturated heterocycles. The first-order valence-corrected chi connectivity index (χ1v) is 7.39. The predicted octanol–water partition coefficient (Wildman–Crippen LogP) is 2.15. The van der Waals surface area contributed by atoms with E-state index in [0.29, 0.717) is 0 Å². The van der Waals surface area contributed by atoms with E-state index < -0.39 is 0 Å². The van der Waals surface area contributed by atoms with Crippen LogP contribution in [0.1, 0.15) is 17.8 Å². The maximum Gasteiger partial charge on any atom is 0.123 e. The summed E-state index contributed by atoms with van der Waals surface area (Å²) in [5, 5.41) is 3.44. The van der Waals surface area contributed by atoms with Crippen molar-refractivity contribution < 1.29 is 0 Å². The molecule has 0 aliphatic carbocycles. The molecule has 0 amide bonds. The van der Waals surface area contributed by atoms with Gasteiger partial charge in [0.2, 0.25) is 0 Å². The molecule has 4 nitrogen and oxygen atoms in total. The lowest BCUT2D eigenvalue weighted by atomic mass is 10.2. The maximum atomic E-state index is 4.54. The molecule has 1 fully saturated rings. The molecule has 5 heteroatoms. The van der Waals surface area contributed by atoms with E-state index in [4.69, 9.17) is 0 Å². The fraction of sp³-hybridized carbons (Fsp3) is 0.438. The van der Waals surface area contributed by atoms with Crippen molar-refractivity contribution in [3.8, 4) is 0 Å². The normalized spacial score (nSPS) is 16.2. The second-order valence-corrected chi connectivity index (χ2v) is 5.34. The standard InChI is InChI=1S/C16H22N4.ClH/c1-2-5-15(6-3-1)13-20-12-9-18-16(20)14-19-10-4-7-17-8-11-19;/h1-3,5-6,9,12,17H,4,7-8,10-11,13-14H2;1H. The number of aromatic nitrogens is 2. The Hall–Kier alpha value is -1.36. The quantitative estimate of drug-likeness (QED) is 0.939. The van der Waals surface area contributed by atoms with Crippen LogP contribution in [0.15, 0.2) is 42.7 Å². The lowest BCUT2D eigenvalue weighted by Gasteiger charge is -2.19. The molecule has 0 unspecified atom stereocenters. The topological polar surface area (TPSA) is 33.1 Å². The van der Waals surface area contributed by atoms with Gasteiger partial charge in [-0.3, -0.25) is 4.90 Å². The van der Waals surface area contributed by atoms with Crippen LogP contribution in [0, 0.1) is 0 Å². The number of benzene rings is 1. The van der Waals surface area contributed by atoms with Crippen LogP contribution < -0.4 is 5.32 Å². The predicted molar refractivity (Wildman–Crippen MR) is 87.8 cm³/mol. The van der Waals surface area contributed by atoms with Crippen LogP contribution in [-0.2, 0) is 13.1 Å². The van der Waals surface area contributed by atoms with Gasteiger partial charge in [-0.1, -0.05) is 30.3 Å². The van der Waals surface area contributed by atoms with Crippen LogP contribution in [0.5, 0.6) is 0 Å². The molecule has 0 atom stereocenters. The second-order valence-electron chi connectivity index (χ2n) is 5.34. The Balaban J connectivity index is 0.00000161. The molecule has 1 aromatic carbocycles. The van der Waals surface area contributed by atoms with Crippen LogP contribution >= 0.6 is 12.4 Å². The van der Waals surface area contributed by atoms with Gasteiger partial charge in [0.05, 0.1) is 6.54 Å². The van der Waals surface area contributed by atoms with Crippen LogP contribution in [0.25, 0.3) is 0 Å². The van der Waals surface area contributed by atoms with Crippen molar-refractivity contribution in [1.29, 1.82) is 0 Å². The average Bonchev–Trinajstić information content (AvgIpc) is 2.74. The minimum absolute atomic E-state index is 0. The number of imidazole rings is 1. The summed E-state index contributed by atoms with van der Waals surface area (Å²) in [5.41, 5.74) is 1.32. The number of halogens is 1. The molecule has 114 valence electrons. The molecule has 0 spiro atoms. The Morgan fingerprint density at radius 1 is 1.05 bits per heavy atom. The zero-order chi connectivity index (χ0) is 13.6. The van der Waals surface area contributed by atoms with Gasteiger partial charge in [0.25, 0.3) is 0 Å². The molecule has 3 rings (SSSR count). The second kappa shape index (κ2) is 8.17. The Kier molecular flexibility index (Phi) is 6.23. The summed E-state index contributed by atoms with van der Waals surface area (Å²) in [7, 11) is 0. The van der Waals surface area contributed by atoms with Gasteiger partial charge in [-0.05, 0) is 25.1 Å². The highest BCUT2D eigenvalue weighted by molar-refractivity contribution is 5.85. The monoisotopic (exact) mass is 306 g/mol. The fourth-order valence-electron chi connectivity index (χ4n) is 2.68. The third-order valence-electron chi connectivity index (χ3n) is 3.80. The van der Waals surface area contributed by atoms with E-state index in [0.717, 1.165) is 45.1 Å². The van der Waals surface area contributed by atoms with Crippen LogP contribution in [0.2, 0.25) is 0 Å². The largest absolute Gasteiger partial charge is 0.329 e. The Bertz CT molecular complexity index is 518. The summed E-state index contributed by atoms with van der Waals surface area (Å²) in [6.07, 6.45) is 5.21. The SMILES string of the molecule is Cl.c1ccc(Cn2ccnc2CN2CCCNCC2)cc1. The number of rotatable bonds is 4. The van der Waals surface area contributed by atoms with E-state index in [2.05, 4.69) is 56.3 Å². The third kappa shape index (κ3) is 4.56. The fourth-order valence-corrected chi connectivity index (χ4v) is 2.68. The average molecular weight is 307 g/mol. The summed E-state index contributed by atoms with van der Waals surface area (Å²) < 4.78 is 2.26. The van der Waals surface area contributed by atoms with E-state index in [1.54, 1.807) is 0 Å². The lowest BCUT2D eigenvalue weighted by molar-refractivity contribution is 0.273. The third-order valence-corrected chi connectivity index (χ3v) is 3.80. The molecule has 2 aromatic rings. The van der Waals surface area contributed by atoms with Crippen molar-refractivity contribution in [2.45, 2.75) is 19.5 Å². The Labute approximate surface area is 132 Å². The summed E-state index contributed by atoms with van der Waals surface area (Å²) in [4.78, 5) is 7.03.